The lowest BCUT2D eigenvalue weighted by molar-refractivity contribution is 0.474. The van der Waals surface area contributed by atoms with Crippen LogP contribution in [0.3, 0.4) is 0 Å². The molecule has 0 amide bonds. The van der Waals surface area contributed by atoms with Crippen molar-refractivity contribution in [3.63, 3.8) is 0 Å². The molecule has 1 aliphatic rings. The largest absolute Gasteiger partial charge is 0.508 e. The lowest BCUT2D eigenvalue weighted by atomic mass is 9.79. The molecule has 3 N–H and O–H groups in total. The maximum atomic E-state index is 11.0. The molecule has 6 aromatic carbocycles. The Morgan fingerprint density at radius 1 is 0.543 bits per heavy atom. The van der Waals surface area contributed by atoms with Gasteiger partial charge in [0, 0.05) is 16.7 Å². The van der Waals surface area contributed by atoms with E-state index in [9.17, 15) is 15.3 Å². The summed E-state index contributed by atoms with van der Waals surface area (Å²) in [5.74, 6) is 1.61. The van der Waals surface area contributed by atoms with Gasteiger partial charge in [0.15, 0.2) is 11.5 Å². The quantitative estimate of drug-likeness (QED) is 0.190. The first-order valence-corrected chi connectivity index (χ1v) is 11.5. The molecule has 0 aromatic heterocycles. The molecule has 1 unspecified atom stereocenters. The fourth-order valence-corrected chi connectivity index (χ4v) is 5.48. The topological polar surface area (TPSA) is 73.2 Å². The zero-order valence-electron chi connectivity index (χ0n) is 18.6. The van der Waals surface area contributed by atoms with Crippen molar-refractivity contribution in [2.24, 2.45) is 0 Å². The van der Waals surface area contributed by atoms with Crippen molar-refractivity contribution in [3.8, 4) is 28.7 Å². The minimum absolute atomic E-state index is 0.111. The minimum atomic E-state index is -0.408. The maximum absolute atomic E-state index is 11.0. The number of rotatable bonds is 3. The Balaban J connectivity index is 1.67. The van der Waals surface area contributed by atoms with Crippen molar-refractivity contribution in [1.29, 1.82) is 0 Å². The SMILES string of the molecule is Oc1cc(C(c2cccc3ccccc23)c2cc(O)cc3ccc4c(c23)O4)c2c(O)cccc2c1. The van der Waals surface area contributed by atoms with Crippen LogP contribution in [0.2, 0.25) is 0 Å². The second-order valence-corrected chi connectivity index (χ2v) is 9.04. The summed E-state index contributed by atoms with van der Waals surface area (Å²) < 4.78 is 5.80. The number of phenolic OH excluding ortho intramolecular Hbond substituents is 3. The van der Waals surface area contributed by atoms with Crippen LogP contribution in [0.5, 0.6) is 28.7 Å². The molecule has 6 aromatic rings. The van der Waals surface area contributed by atoms with Crippen molar-refractivity contribution in [1.82, 2.24) is 0 Å². The fraction of sp³-hybridized carbons (Fsp3) is 0.0323. The van der Waals surface area contributed by atoms with Crippen molar-refractivity contribution in [3.05, 3.63) is 114 Å². The minimum Gasteiger partial charge on any atom is -0.508 e. The molecule has 0 aliphatic carbocycles. The highest BCUT2D eigenvalue weighted by atomic mass is 16.6. The van der Waals surface area contributed by atoms with Gasteiger partial charge in [-0.05, 0) is 74.6 Å². The number of hydrogen-bond donors (Lipinski definition) is 3. The summed E-state index contributed by atoms with van der Waals surface area (Å²) >= 11 is 0. The van der Waals surface area contributed by atoms with E-state index in [0.717, 1.165) is 55.1 Å². The maximum Gasteiger partial charge on any atom is 0.178 e. The fourth-order valence-electron chi connectivity index (χ4n) is 5.48. The van der Waals surface area contributed by atoms with E-state index in [-0.39, 0.29) is 17.2 Å². The monoisotopic (exact) mass is 456 g/mol. The molecule has 35 heavy (non-hydrogen) atoms. The molecule has 0 saturated carbocycles. The molecule has 1 aliphatic heterocycles. The van der Waals surface area contributed by atoms with Crippen LogP contribution in [0, 0.1) is 0 Å². The third-order valence-corrected chi connectivity index (χ3v) is 6.95. The standard InChI is InChI=1S/C31H20O4/c32-20-13-18-7-4-10-26(34)28(18)24(15-20)30(23-9-3-6-17-5-1-2-8-22(17)23)25-16-21(33)14-19-11-12-27-31(35-27)29(19)25/h1-16,30,32-34H. The summed E-state index contributed by atoms with van der Waals surface area (Å²) in [6.07, 6.45) is 0. The summed E-state index contributed by atoms with van der Waals surface area (Å²) in [4.78, 5) is 0. The normalized spacial score (nSPS) is 13.0. The van der Waals surface area contributed by atoms with Gasteiger partial charge in [-0.25, -0.2) is 0 Å². The average molecular weight is 456 g/mol. The van der Waals surface area contributed by atoms with E-state index >= 15 is 0 Å². The number of ether oxygens (including phenoxy) is 1. The van der Waals surface area contributed by atoms with E-state index in [4.69, 9.17) is 4.74 Å². The molecular formula is C31H20O4. The number of phenols is 3. The summed E-state index contributed by atoms with van der Waals surface area (Å²) in [6, 6.07) is 30.4. The molecule has 7 rings (SSSR count). The lowest BCUT2D eigenvalue weighted by Crippen LogP contribution is -2.06. The van der Waals surface area contributed by atoms with Gasteiger partial charge in [0.05, 0.1) is 0 Å². The molecule has 4 nitrogen and oxygen atoms in total. The van der Waals surface area contributed by atoms with Crippen LogP contribution in [0.1, 0.15) is 22.6 Å². The van der Waals surface area contributed by atoms with E-state index < -0.39 is 5.92 Å². The zero-order chi connectivity index (χ0) is 23.7. The van der Waals surface area contributed by atoms with Gasteiger partial charge in [-0.1, -0.05) is 60.7 Å². The van der Waals surface area contributed by atoms with Gasteiger partial charge >= 0.3 is 0 Å². The van der Waals surface area contributed by atoms with Gasteiger partial charge in [0.1, 0.15) is 17.2 Å². The lowest BCUT2D eigenvalue weighted by Gasteiger charge is -2.24. The van der Waals surface area contributed by atoms with Gasteiger partial charge in [0.25, 0.3) is 0 Å². The molecule has 1 atom stereocenters. The molecule has 0 fully saturated rings. The van der Waals surface area contributed by atoms with E-state index in [1.165, 1.54) is 0 Å². The Bertz CT molecular complexity index is 1760. The van der Waals surface area contributed by atoms with Crippen LogP contribution in [-0.4, -0.2) is 15.3 Å². The average Bonchev–Trinajstić information content (AvgIpc) is 3.64. The van der Waals surface area contributed by atoms with Crippen molar-refractivity contribution in [2.75, 3.05) is 0 Å². The van der Waals surface area contributed by atoms with Crippen LogP contribution in [0.15, 0.2) is 97.1 Å². The van der Waals surface area contributed by atoms with Crippen LogP contribution in [0.25, 0.3) is 32.3 Å². The van der Waals surface area contributed by atoms with E-state index in [0.29, 0.717) is 5.39 Å². The highest BCUT2D eigenvalue weighted by Crippen LogP contribution is 2.55. The summed E-state index contributed by atoms with van der Waals surface area (Å²) in [5.41, 5.74) is 2.60. The van der Waals surface area contributed by atoms with Crippen LogP contribution in [0.4, 0.5) is 0 Å². The molecule has 0 spiro atoms. The van der Waals surface area contributed by atoms with Gasteiger partial charge < -0.3 is 20.1 Å². The molecule has 4 heteroatoms. The van der Waals surface area contributed by atoms with Crippen LogP contribution in [-0.2, 0) is 0 Å². The Labute approximate surface area is 200 Å². The number of benzene rings is 6. The van der Waals surface area contributed by atoms with Crippen molar-refractivity contribution >= 4 is 32.3 Å². The van der Waals surface area contributed by atoms with E-state index in [1.54, 1.807) is 36.4 Å². The predicted molar refractivity (Wildman–Crippen MR) is 138 cm³/mol. The van der Waals surface area contributed by atoms with Crippen LogP contribution < -0.4 is 4.74 Å². The summed E-state index contributed by atoms with van der Waals surface area (Å²) in [5, 5.41) is 37.8. The second kappa shape index (κ2) is 7.15. The highest BCUT2D eigenvalue weighted by molar-refractivity contribution is 6.01. The Hall–Kier alpha value is -4.70. The number of hydrogen-bond acceptors (Lipinski definition) is 4. The predicted octanol–water partition coefficient (Wildman–Crippen LogP) is 7.55. The summed E-state index contributed by atoms with van der Waals surface area (Å²) in [6.45, 7) is 0. The van der Waals surface area contributed by atoms with Crippen molar-refractivity contribution < 1.29 is 20.1 Å². The molecule has 168 valence electrons. The van der Waals surface area contributed by atoms with Crippen LogP contribution >= 0.6 is 0 Å². The van der Waals surface area contributed by atoms with Gasteiger partial charge in [-0.2, -0.15) is 0 Å². The first-order chi connectivity index (χ1) is 17.1. The molecule has 0 bridgehead atoms. The van der Waals surface area contributed by atoms with E-state index in [2.05, 4.69) is 24.3 Å². The second-order valence-electron chi connectivity index (χ2n) is 9.04. The van der Waals surface area contributed by atoms with Gasteiger partial charge in [0.2, 0.25) is 0 Å². The van der Waals surface area contributed by atoms with Gasteiger partial charge in [-0.15, -0.1) is 0 Å². The third kappa shape index (κ3) is 3.00. The van der Waals surface area contributed by atoms with Crippen molar-refractivity contribution in [2.45, 2.75) is 5.92 Å². The Morgan fingerprint density at radius 3 is 2.03 bits per heavy atom. The molecular weight excluding hydrogens is 436 g/mol. The zero-order valence-corrected chi connectivity index (χ0v) is 18.6. The van der Waals surface area contributed by atoms with E-state index in [1.807, 2.05) is 36.4 Å². The summed E-state index contributed by atoms with van der Waals surface area (Å²) in [7, 11) is 0. The van der Waals surface area contributed by atoms with Gasteiger partial charge in [-0.3, -0.25) is 0 Å². The molecule has 0 radical (unpaired) electrons. The number of fused-ring (bicyclic) bond motifs is 5. The number of aromatic hydroxyl groups is 3. The first kappa shape index (κ1) is 19.7. The molecule has 1 heterocycles. The third-order valence-electron chi connectivity index (χ3n) is 6.95. The first-order valence-electron chi connectivity index (χ1n) is 11.5. The molecule has 0 saturated heterocycles. The smallest absolute Gasteiger partial charge is 0.178 e. The highest BCUT2D eigenvalue weighted by Gasteiger charge is 2.31. The Morgan fingerprint density at radius 2 is 1.20 bits per heavy atom. The Kier molecular flexibility index (Phi) is 4.03.